The number of thiophene rings is 1. The van der Waals surface area contributed by atoms with E-state index in [9.17, 15) is 8.78 Å². The van der Waals surface area contributed by atoms with Crippen LogP contribution in [-0.2, 0) is 19.5 Å². The molecule has 1 aliphatic heterocycles. The molecule has 3 aromatic rings. The number of imidazole rings is 1. The van der Waals surface area contributed by atoms with Crippen molar-refractivity contribution in [1.82, 2.24) is 24.6 Å². The molecule has 0 aromatic carbocycles. The first-order chi connectivity index (χ1) is 11.2. The molecule has 1 aliphatic rings. The van der Waals surface area contributed by atoms with Gasteiger partial charge in [0.15, 0.2) is 0 Å². The largest absolute Gasteiger partial charge is 0.319 e. The van der Waals surface area contributed by atoms with Gasteiger partial charge in [0.25, 0.3) is 0 Å². The minimum absolute atomic E-state index is 0.226. The predicted octanol–water partition coefficient (Wildman–Crippen LogP) is 2.90. The quantitative estimate of drug-likeness (QED) is 0.797. The van der Waals surface area contributed by atoms with Crippen molar-refractivity contribution in [2.75, 3.05) is 6.54 Å². The highest BCUT2D eigenvalue weighted by Gasteiger charge is 2.16. The molecule has 4 rings (SSSR count). The Morgan fingerprint density at radius 1 is 1.39 bits per heavy atom. The molecule has 1 N–H and O–H groups in total. The molecule has 0 amide bonds. The fourth-order valence-corrected chi connectivity index (χ4v) is 3.92. The van der Waals surface area contributed by atoms with Crippen molar-refractivity contribution in [2.24, 2.45) is 0 Å². The Labute approximate surface area is 135 Å². The van der Waals surface area contributed by atoms with Crippen LogP contribution in [0.1, 0.15) is 22.8 Å². The number of halogens is 2. The highest BCUT2D eigenvalue weighted by atomic mass is 32.1. The van der Waals surface area contributed by atoms with Crippen LogP contribution in [0, 0.1) is 0 Å². The second kappa shape index (κ2) is 5.86. The number of aromatic nitrogens is 4. The molecule has 0 saturated heterocycles. The lowest BCUT2D eigenvalue weighted by atomic mass is 10.1. The van der Waals surface area contributed by atoms with E-state index in [0.29, 0.717) is 5.82 Å². The van der Waals surface area contributed by atoms with Gasteiger partial charge in [0, 0.05) is 47.0 Å². The molecule has 0 aliphatic carbocycles. The maximum atomic E-state index is 12.9. The second-order valence-electron chi connectivity index (χ2n) is 5.44. The van der Waals surface area contributed by atoms with Crippen molar-refractivity contribution in [3.05, 3.63) is 47.1 Å². The van der Waals surface area contributed by atoms with Gasteiger partial charge < -0.3 is 5.32 Å². The van der Waals surface area contributed by atoms with Crippen LogP contribution in [-0.4, -0.2) is 25.9 Å². The van der Waals surface area contributed by atoms with E-state index in [4.69, 9.17) is 0 Å². The molecule has 23 heavy (non-hydrogen) atoms. The first-order valence-corrected chi connectivity index (χ1v) is 8.17. The fraction of sp³-hybridized carbons (Fsp3) is 0.333. The smallest absolute Gasteiger partial charge is 0.312 e. The molecule has 0 radical (unpaired) electrons. The standard InChI is InChI=1S/C15H15F2N5S/c16-15(17)22-4-3-19-14(22)9-21-8-11(7-20-21)13-5-10-6-18-2-1-12(10)23-13/h3-5,7-8,15,18H,1-2,6,9H2. The van der Waals surface area contributed by atoms with E-state index >= 15 is 0 Å². The van der Waals surface area contributed by atoms with E-state index in [1.54, 1.807) is 22.2 Å². The lowest BCUT2D eigenvalue weighted by Gasteiger charge is -2.10. The number of alkyl halides is 2. The molecule has 0 saturated carbocycles. The predicted molar refractivity (Wildman–Crippen MR) is 83.5 cm³/mol. The number of rotatable bonds is 4. The summed E-state index contributed by atoms with van der Waals surface area (Å²) < 4.78 is 28.2. The molecule has 0 unspecified atom stereocenters. The summed E-state index contributed by atoms with van der Waals surface area (Å²) in [6.45, 7) is -0.433. The van der Waals surface area contributed by atoms with Gasteiger partial charge in [-0.15, -0.1) is 11.3 Å². The Morgan fingerprint density at radius 2 is 2.30 bits per heavy atom. The van der Waals surface area contributed by atoms with Crippen molar-refractivity contribution in [1.29, 1.82) is 0 Å². The van der Waals surface area contributed by atoms with Gasteiger partial charge in [0.05, 0.1) is 12.7 Å². The first-order valence-electron chi connectivity index (χ1n) is 7.35. The molecule has 3 aromatic heterocycles. The van der Waals surface area contributed by atoms with Gasteiger partial charge in [0.2, 0.25) is 0 Å². The van der Waals surface area contributed by atoms with Crippen LogP contribution in [0.15, 0.2) is 30.9 Å². The van der Waals surface area contributed by atoms with Crippen LogP contribution >= 0.6 is 11.3 Å². The van der Waals surface area contributed by atoms with Gasteiger partial charge in [-0.2, -0.15) is 13.9 Å². The van der Waals surface area contributed by atoms with Crippen LogP contribution in [0.2, 0.25) is 0 Å². The zero-order valence-electron chi connectivity index (χ0n) is 12.2. The SMILES string of the molecule is FC(F)n1ccnc1Cn1cc(-c2cc3c(s2)CCNC3)cn1. The summed E-state index contributed by atoms with van der Waals surface area (Å²) in [4.78, 5) is 6.57. The van der Waals surface area contributed by atoms with E-state index in [1.165, 1.54) is 27.7 Å². The van der Waals surface area contributed by atoms with E-state index < -0.39 is 6.55 Å². The summed E-state index contributed by atoms with van der Waals surface area (Å²) in [5.74, 6) is 0.296. The lowest BCUT2D eigenvalue weighted by molar-refractivity contribution is 0.0665. The summed E-state index contributed by atoms with van der Waals surface area (Å²) in [6, 6.07) is 2.19. The maximum Gasteiger partial charge on any atom is 0.319 e. The number of hydrogen-bond acceptors (Lipinski definition) is 4. The van der Waals surface area contributed by atoms with Gasteiger partial charge in [-0.1, -0.05) is 0 Å². The van der Waals surface area contributed by atoms with E-state index in [2.05, 4.69) is 21.5 Å². The average Bonchev–Trinajstić information content (AvgIpc) is 3.25. The third-order valence-corrected chi connectivity index (χ3v) is 5.21. The van der Waals surface area contributed by atoms with Crippen molar-refractivity contribution in [2.45, 2.75) is 26.1 Å². The number of fused-ring (bicyclic) bond motifs is 1. The molecule has 0 spiro atoms. The zero-order valence-corrected chi connectivity index (χ0v) is 13.1. The van der Waals surface area contributed by atoms with Gasteiger partial charge in [0.1, 0.15) is 5.82 Å². The minimum atomic E-state index is -2.58. The molecular formula is C15H15F2N5S. The van der Waals surface area contributed by atoms with Crippen molar-refractivity contribution in [3.8, 4) is 10.4 Å². The molecule has 0 fully saturated rings. The van der Waals surface area contributed by atoms with Gasteiger partial charge in [-0.05, 0) is 18.1 Å². The first kappa shape index (κ1) is 14.5. The van der Waals surface area contributed by atoms with E-state index in [-0.39, 0.29) is 6.54 Å². The second-order valence-corrected chi connectivity index (χ2v) is 6.58. The maximum absolute atomic E-state index is 12.9. The Morgan fingerprint density at radius 3 is 3.13 bits per heavy atom. The van der Waals surface area contributed by atoms with E-state index in [0.717, 1.165) is 29.6 Å². The summed E-state index contributed by atoms with van der Waals surface area (Å²) in [5.41, 5.74) is 2.36. The summed E-state index contributed by atoms with van der Waals surface area (Å²) in [7, 11) is 0. The number of nitrogens with zero attached hydrogens (tertiary/aromatic N) is 4. The highest BCUT2D eigenvalue weighted by Crippen LogP contribution is 2.33. The third-order valence-electron chi connectivity index (χ3n) is 3.92. The third kappa shape index (κ3) is 2.79. The van der Waals surface area contributed by atoms with Crippen molar-refractivity contribution < 1.29 is 8.78 Å². The fourth-order valence-electron chi connectivity index (χ4n) is 2.76. The number of nitrogens with one attached hydrogen (secondary N) is 1. The summed E-state index contributed by atoms with van der Waals surface area (Å²) in [5, 5.41) is 7.64. The monoisotopic (exact) mass is 335 g/mol. The Kier molecular flexibility index (Phi) is 3.70. The van der Waals surface area contributed by atoms with Crippen LogP contribution in [0.3, 0.4) is 0 Å². The number of hydrogen-bond donors (Lipinski definition) is 1. The van der Waals surface area contributed by atoms with Gasteiger partial charge in [-0.25, -0.2) is 4.98 Å². The van der Waals surface area contributed by atoms with Gasteiger partial charge >= 0.3 is 6.55 Å². The molecule has 0 bridgehead atoms. The Hall–Kier alpha value is -2.06. The lowest BCUT2D eigenvalue weighted by Crippen LogP contribution is -2.21. The van der Waals surface area contributed by atoms with Crippen molar-refractivity contribution >= 4 is 11.3 Å². The minimum Gasteiger partial charge on any atom is -0.312 e. The molecule has 8 heteroatoms. The van der Waals surface area contributed by atoms with Crippen molar-refractivity contribution in [3.63, 3.8) is 0 Å². The summed E-state index contributed by atoms with van der Waals surface area (Å²) in [6.07, 6.45) is 7.38. The van der Waals surface area contributed by atoms with Crippen LogP contribution in [0.5, 0.6) is 0 Å². The van der Waals surface area contributed by atoms with Crippen LogP contribution < -0.4 is 5.32 Å². The molecule has 120 valence electrons. The average molecular weight is 335 g/mol. The van der Waals surface area contributed by atoms with Gasteiger partial charge in [-0.3, -0.25) is 9.25 Å². The molecule has 4 heterocycles. The van der Waals surface area contributed by atoms with Crippen LogP contribution in [0.4, 0.5) is 8.78 Å². The Balaban J connectivity index is 1.57. The topological polar surface area (TPSA) is 47.7 Å². The summed E-state index contributed by atoms with van der Waals surface area (Å²) >= 11 is 1.78. The normalized spacial score (nSPS) is 14.4. The molecular weight excluding hydrogens is 320 g/mol. The van der Waals surface area contributed by atoms with Crippen LogP contribution in [0.25, 0.3) is 10.4 Å². The molecule has 5 nitrogen and oxygen atoms in total. The Bertz CT molecular complexity index is 796. The highest BCUT2D eigenvalue weighted by molar-refractivity contribution is 7.15. The van der Waals surface area contributed by atoms with E-state index in [1.807, 2.05) is 6.20 Å². The zero-order chi connectivity index (χ0) is 15.8. The molecule has 0 atom stereocenters.